The Hall–Kier alpha value is -0.640. The molecule has 0 aromatic carbocycles. The summed E-state index contributed by atoms with van der Waals surface area (Å²) in [5, 5.41) is 4.27. The van der Waals surface area contributed by atoms with Crippen LogP contribution in [0.25, 0.3) is 0 Å². The number of unbranched alkanes of at least 4 members (excludes halogenated alkanes) is 1. The molecule has 1 atom stereocenters. The van der Waals surface area contributed by atoms with E-state index in [2.05, 4.69) is 28.5 Å². The third-order valence-corrected chi connectivity index (χ3v) is 3.07. The summed E-state index contributed by atoms with van der Waals surface area (Å²) in [5.74, 6) is 0.777. The lowest BCUT2D eigenvalue weighted by atomic mass is 10.00. The molecule has 0 radical (unpaired) electrons. The second-order valence-electron chi connectivity index (χ2n) is 3.54. The van der Waals surface area contributed by atoms with Crippen molar-refractivity contribution < 1.29 is 0 Å². The molecule has 80 valence electrons. The Morgan fingerprint density at radius 1 is 1.50 bits per heavy atom. The fraction of sp³-hybridized carbons (Fsp3) is 0.800. The van der Waals surface area contributed by atoms with Gasteiger partial charge in [0.1, 0.15) is 6.33 Å². The molecule has 3 nitrogen and oxygen atoms in total. The SMILES string of the molecule is CCCCC(CC)CNc1ncns1. The predicted octanol–water partition coefficient (Wildman–Crippen LogP) is 3.17. The molecule has 1 N–H and O–H groups in total. The van der Waals surface area contributed by atoms with Crippen molar-refractivity contribution in [1.82, 2.24) is 9.36 Å². The van der Waals surface area contributed by atoms with Gasteiger partial charge in [-0.3, -0.25) is 0 Å². The van der Waals surface area contributed by atoms with E-state index < -0.39 is 0 Å². The van der Waals surface area contributed by atoms with Crippen LogP contribution in [0.1, 0.15) is 39.5 Å². The monoisotopic (exact) mass is 213 g/mol. The second-order valence-corrected chi connectivity index (χ2v) is 4.32. The smallest absolute Gasteiger partial charge is 0.202 e. The first-order valence-corrected chi connectivity index (χ1v) is 6.14. The molecule has 0 saturated heterocycles. The summed E-state index contributed by atoms with van der Waals surface area (Å²) in [5.41, 5.74) is 0. The fourth-order valence-corrected chi connectivity index (χ4v) is 1.86. The van der Waals surface area contributed by atoms with Gasteiger partial charge in [0.05, 0.1) is 0 Å². The van der Waals surface area contributed by atoms with Gasteiger partial charge in [0.2, 0.25) is 5.13 Å². The number of rotatable bonds is 7. The molecule has 0 bridgehead atoms. The van der Waals surface area contributed by atoms with E-state index in [1.807, 2.05) is 0 Å². The lowest BCUT2D eigenvalue weighted by molar-refractivity contribution is 0.472. The van der Waals surface area contributed by atoms with Crippen LogP contribution in [-0.2, 0) is 0 Å². The van der Waals surface area contributed by atoms with E-state index in [-0.39, 0.29) is 0 Å². The third-order valence-electron chi connectivity index (χ3n) is 2.45. The molecule has 0 aliphatic heterocycles. The maximum atomic E-state index is 4.10. The lowest BCUT2D eigenvalue weighted by Crippen LogP contribution is -2.13. The Labute approximate surface area is 90.1 Å². The number of nitrogens with one attached hydrogen (secondary N) is 1. The molecule has 0 amide bonds. The highest BCUT2D eigenvalue weighted by molar-refractivity contribution is 7.09. The van der Waals surface area contributed by atoms with Crippen molar-refractivity contribution in [2.24, 2.45) is 5.92 Å². The molecule has 1 rings (SSSR count). The lowest BCUT2D eigenvalue weighted by Gasteiger charge is -2.14. The zero-order chi connectivity index (χ0) is 10.2. The number of nitrogens with zero attached hydrogens (tertiary/aromatic N) is 2. The van der Waals surface area contributed by atoms with E-state index in [4.69, 9.17) is 0 Å². The van der Waals surface area contributed by atoms with Crippen molar-refractivity contribution in [1.29, 1.82) is 0 Å². The highest BCUT2D eigenvalue weighted by atomic mass is 32.1. The van der Waals surface area contributed by atoms with Crippen molar-refractivity contribution in [2.75, 3.05) is 11.9 Å². The van der Waals surface area contributed by atoms with E-state index in [0.717, 1.165) is 17.6 Å². The van der Waals surface area contributed by atoms with Gasteiger partial charge in [0, 0.05) is 18.1 Å². The van der Waals surface area contributed by atoms with Gasteiger partial charge in [-0.15, -0.1) is 0 Å². The van der Waals surface area contributed by atoms with Crippen molar-refractivity contribution in [2.45, 2.75) is 39.5 Å². The molecule has 0 aliphatic rings. The molecule has 1 aromatic rings. The summed E-state index contributed by atoms with van der Waals surface area (Å²) in [4.78, 5) is 4.10. The zero-order valence-electron chi connectivity index (χ0n) is 8.99. The summed E-state index contributed by atoms with van der Waals surface area (Å²) in [6.45, 7) is 5.53. The average molecular weight is 213 g/mol. The first-order valence-electron chi connectivity index (χ1n) is 5.37. The van der Waals surface area contributed by atoms with Crippen LogP contribution in [0.4, 0.5) is 5.13 Å². The van der Waals surface area contributed by atoms with Gasteiger partial charge in [-0.05, 0) is 12.3 Å². The largest absolute Gasteiger partial charge is 0.360 e. The van der Waals surface area contributed by atoms with Crippen LogP contribution in [0.15, 0.2) is 6.33 Å². The molecule has 0 spiro atoms. The van der Waals surface area contributed by atoms with Crippen molar-refractivity contribution in [3.05, 3.63) is 6.33 Å². The van der Waals surface area contributed by atoms with Gasteiger partial charge in [-0.25, -0.2) is 4.98 Å². The van der Waals surface area contributed by atoms with Crippen LogP contribution in [0, 0.1) is 5.92 Å². The molecular formula is C10H19N3S. The van der Waals surface area contributed by atoms with Gasteiger partial charge in [0.25, 0.3) is 0 Å². The minimum Gasteiger partial charge on any atom is -0.360 e. The van der Waals surface area contributed by atoms with Crippen LogP contribution in [0.3, 0.4) is 0 Å². The van der Waals surface area contributed by atoms with Gasteiger partial charge in [-0.2, -0.15) is 4.37 Å². The Morgan fingerprint density at radius 2 is 2.36 bits per heavy atom. The summed E-state index contributed by atoms with van der Waals surface area (Å²) >= 11 is 1.43. The normalized spacial score (nSPS) is 12.7. The van der Waals surface area contributed by atoms with Crippen molar-refractivity contribution >= 4 is 16.7 Å². The predicted molar refractivity (Wildman–Crippen MR) is 61.7 cm³/mol. The highest BCUT2D eigenvalue weighted by Gasteiger charge is 2.05. The van der Waals surface area contributed by atoms with E-state index in [1.54, 1.807) is 6.33 Å². The Kier molecular flexibility index (Phi) is 5.52. The topological polar surface area (TPSA) is 37.8 Å². The molecule has 0 fully saturated rings. The van der Waals surface area contributed by atoms with Crippen molar-refractivity contribution in [3.8, 4) is 0 Å². The summed E-state index contributed by atoms with van der Waals surface area (Å²) in [6, 6.07) is 0. The van der Waals surface area contributed by atoms with Gasteiger partial charge in [0.15, 0.2) is 0 Å². The maximum Gasteiger partial charge on any atom is 0.202 e. The number of anilines is 1. The van der Waals surface area contributed by atoms with Crippen LogP contribution in [0.5, 0.6) is 0 Å². The zero-order valence-corrected chi connectivity index (χ0v) is 9.81. The highest BCUT2D eigenvalue weighted by Crippen LogP contribution is 2.14. The number of aromatic nitrogens is 2. The summed E-state index contributed by atoms with van der Waals surface area (Å²) in [6.07, 6.45) is 6.77. The molecular weight excluding hydrogens is 194 g/mol. The van der Waals surface area contributed by atoms with Crippen LogP contribution in [0.2, 0.25) is 0 Å². The molecule has 4 heteroatoms. The van der Waals surface area contributed by atoms with E-state index >= 15 is 0 Å². The first kappa shape index (κ1) is 11.4. The third kappa shape index (κ3) is 4.05. The van der Waals surface area contributed by atoms with E-state index in [0.29, 0.717) is 0 Å². The van der Waals surface area contributed by atoms with Crippen LogP contribution >= 0.6 is 11.5 Å². The standard InChI is InChI=1S/C10H19N3S/c1-3-5-6-9(4-2)7-11-10-12-8-13-14-10/h8-9H,3-7H2,1-2H3,(H,11,12,13). The Bertz CT molecular complexity index is 223. The Balaban J connectivity index is 2.20. The van der Waals surface area contributed by atoms with E-state index in [9.17, 15) is 0 Å². The average Bonchev–Trinajstić information content (AvgIpc) is 2.71. The quantitative estimate of drug-likeness (QED) is 0.756. The molecule has 14 heavy (non-hydrogen) atoms. The number of hydrogen-bond acceptors (Lipinski definition) is 4. The first-order chi connectivity index (χ1) is 6.86. The van der Waals surface area contributed by atoms with Crippen LogP contribution in [-0.4, -0.2) is 15.9 Å². The molecule has 1 unspecified atom stereocenters. The minimum absolute atomic E-state index is 0.777. The second kappa shape index (κ2) is 6.76. The molecule has 0 aliphatic carbocycles. The summed E-state index contributed by atoms with van der Waals surface area (Å²) < 4.78 is 3.96. The minimum atomic E-state index is 0.777. The maximum absolute atomic E-state index is 4.10. The van der Waals surface area contributed by atoms with E-state index in [1.165, 1.54) is 37.2 Å². The summed E-state index contributed by atoms with van der Waals surface area (Å²) in [7, 11) is 0. The molecule has 1 heterocycles. The van der Waals surface area contributed by atoms with Crippen molar-refractivity contribution in [3.63, 3.8) is 0 Å². The molecule has 1 aromatic heterocycles. The molecule has 0 saturated carbocycles. The number of hydrogen-bond donors (Lipinski definition) is 1. The van der Waals surface area contributed by atoms with Gasteiger partial charge < -0.3 is 5.32 Å². The van der Waals surface area contributed by atoms with Gasteiger partial charge >= 0.3 is 0 Å². The fourth-order valence-electron chi connectivity index (χ4n) is 1.43. The Morgan fingerprint density at radius 3 is 2.93 bits per heavy atom. The van der Waals surface area contributed by atoms with Crippen LogP contribution < -0.4 is 5.32 Å². The van der Waals surface area contributed by atoms with Gasteiger partial charge in [-0.1, -0.05) is 33.1 Å².